The van der Waals surface area contributed by atoms with Crippen molar-refractivity contribution in [3.63, 3.8) is 0 Å². The van der Waals surface area contributed by atoms with Gasteiger partial charge in [-0.1, -0.05) is 48.5 Å². The molecule has 0 spiro atoms. The Morgan fingerprint density at radius 2 is 1.70 bits per heavy atom. The van der Waals surface area contributed by atoms with E-state index in [1.54, 1.807) is 24.3 Å². The van der Waals surface area contributed by atoms with E-state index in [2.05, 4.69) is 17.9 Å². The highest BCUT2D eigenvalue weighted by Gasteiger charge is 2.52. The number of sulfonamides is 1. The molecule has 1 atom stereocenters. The molecule has 0 bridgehead atoms. The lowest BCUT2D eigenvalue weighted by Crippen LogP contribution is -2.48. The summed E-state index contributed by atoms with van der Waals surface area (Å²) in [5, 5.41) is 3.15. The van der Waals surface area contributed by atoms with E-state index in [9.17, 15) is 21.6 Å². The van der Waals surface area contributed by atoms with Gasteiger partial charge in [-0.05, 0) is 30.0 Å². The monoisotopic (exact) mass is 416 g/mol. The summed E-state index contributed by atoms with van der Waals surface area (Å²) in [6.07, 6.45) is 0.887. The van der Waals surface area contributed by atoms with Gasteiger partial charge in [0.2, 0.25) is 0 Å². The molecular weight excluding hydrogens is 397 g/mol. The Hall–Kier alpha value is -1.71. The van der Waals surface area contributed by atoms with Crippen molar-refractivity contribution in [2.75, 3.05) is 11.9 Å². The number of alkyl halides is 3. The fourth-order valence-electron chi connectivity index (χ4n) is 3.06. The van der Waals surface area contributed by atoms with Gasteiger partial charge >= 0.3 is 15.5 Å². The number of nitrogens with zero attached hydrogens (tertiary/aromatic N) is 1. The molecule has 2 aromatic rings. The van der Waals surface area contributed by atoms with Gasteiger partial charge in [-0.25, -0.2) is 8.42 Å². The van der Waals surface area contributed by atoms with Crippen LogP contribution >= 0.6 is 12.6 Å². The van der Waals surface area contributed by atoms with Crippen molar-refractivity contribution in [2.24, 2.45) is 0 Å². The second-order valence-electron chi connectivity index (χ2n) is 6.52. The number of anilines is 1. The van der Waals surface area contributed by atoms with Crippen LogP contribution in [-0.2, 0) is 23.0 Å². The van der Waals surface area contributed by atoms with Crippen LogP contribution in [0.5, 0.6) is 0 Å². The Bertz CT molecular complexity index is 904. The van der Waals surface area contributed by atoms with Crippen molar-refractivity contribution in [1.29, 1.82) is 0 Å². The zero-order valence-electron chi connectivity index (χ0n) is 14.3. The molecule has 1 aliphatic heterocycles. The number of hydrogen-bond acceptors (Lipinski definition) is 4. The average molecular weight is 416 g/mol. The van der Waals surface area contributed by atoms with Crippen molar-refractivity contribution in [2.45, 2.75) is 29.8 Å². The van der Waals surface area contributed by atoms with Gasteiger partial charge in [-0.3, -0.25) is 0 Å². The van der Waals surface area contributed by atoms with Crippen LogP contribution in [0.2, 0.25) is 0 Å². The van der Waals surface area contributed by atoms with Gasteiger partial charge in [0.1, 0.15) is 0 Å². The van der Waals surface area contributed by atoms with Gasteiger partial charge in [-0.15, -0.1) is 0 Å². The summed E-state index contributed by atoms with van der Waals surface area (Å²) in [5.41, 5.74) is -3.31. The topological polar surface area (TPSA) is 49.4 Å². The van der Waals surface area contributed by atoms with Crippen LogP contribution in [0.3, 0.4) is 0 Å². The number of fused-ring (bicyclic) bond motifs is 1. The first-order valence-corrected chi connectivity index (χ1v) is 10.2. The SMILES string of the molecule is O=S(=O)(N1Cc2ccccc2N[C@](S)(CCc2ccccc2)C1)C(F)(F)F. The highest BCUT2D eigenvalue weighted by molar-refractivity contribution is 7.90. The fraction of sp³-hybridized carbons (Fsp3) is 0.333. The van der Waals surface area contributed by atoms with Crippen LogP contribution in [0.25, 0.3) is 0 Å². The van der Waals surface area contributed by atoms with Crippen molar-refractivity contribution >= 4 is 28.3 Å². The molecule has 0 saturated carbocycles. The molecule has 9 heteroatoms. The average Bonchev–Trinajstić information content (AvgIpc) is 2.76. The van der Waals surface area contributed by atoms with Gasteiger partial charge in [0.25, 0.3) is 0 Å². The summed E-state index contributed by atoms with van der Waals surface area (Å²) in [4.78, 5) is -1.15. The normalized spacial score (nSPS) is 21.2. The first-order valence-electron chi connectivity index (χ1n) is 8.30. The maximum atomic E-state index is 13.2. The van der Waals surface area contributed by atoms with Gasteiger partial charge in [-0.2, -0.15) is 30.1 Å². The molecule has 0 aromatic heterocycles. The highest BCUT2D eigenvalue weighted by atomic mass is 32.2. The molecule has 2 aromatic carbocycles. The molecule has 0 radical (unpaired) electrons. The molecule has 4 nitrogen and oxygen atoms in total. The molecule has 3 rings (SSSR count). The van der Waals surface area contributed by atoms with E-state index in [4.69, 9.17) is 0 Å². The summed E-state index contributed by atoms with van der Waals surface area (Å²) >= 11 is 4.58. The number of para-hydroxylation sites is 1. The lowest BCUT2D eigenvalue weighted by molar-refractivity contribution is -0.0492. The fourth-order valence-corrected chi connectivity index (χ4v) is 4.55. The summed E-state index contributed by atoms with van der Waals surface area (Å²) < 4.78 is 64.1. The molecular formula is C18H19F3N2O2S2. The Balaban J connectivity index is 1.94. The zero-order valence-corrected chi connectivity index (χ0v) is 16.0. The van der Waals surface area contributed by atoms with Crippen molar-refractivity contribution in [3.8, 4) is 0 Å². The minimum Gasteiger partial charge on any atom is -0.369 e. The van der Waals surface area contributed by atoms with Crippen LogP contribution in [0.4, 0.5) is 18.9 Å². The van der Waals surface area contributed by atoms with Gasteiger partial charge in [0.15, 0.2) is 0 Å². The van der Waals surface area contributed by atoms with Crippen LogP contribution < -0.4 is 5.32 Å². The lowest BCUT2D eigenvalue weighted by atomic mass is 10.0. The van der Waals surface area contributed by atoms with Crippen LogP contribution in [0.15, 0.2) is 54.6 Å². The predicted octanol–water partition coefficient (Wildman–Crippen LogP) is 4.02. The molecule has 0 unspecified atom stereocenters. The number of halogens is 3. The van der Waals surface area contributed by atoms with E-state index < -0.39 is 26.9 Å². The predicted molar refractivity (Wildman–Crippen MR) is 102 cm³/mol. The van der Waals surface area contributed by atoms with Crippen molar-refractivity contribution in [1.82, 2.24) is 4.31 Å². The van der Waals surface area contributed by atoms with Gasteiger partial charge < -0.3 is 5.32 Å². The number of thiol groups is 1. The zero-order chi connectivity index (χ0) is 19.7. The largest absolute Gasteiger partial charge is 0.511 e. The Morgan fingerprint density at radius 3 is 2.37 bits per heavy atom. The maximum absolute atomic E-state index is 13.2. The van der Waals surface area contributed by atoms with Gasteiger partial charge in [0.05, 0.1) is 4.87 Å². The van der Waals surface area contributed by atoms with E-state index in [1.807, 2.05) is 30.3 Å². The van der Waals surface area contributed by atoms with E-state index >= 15 is 0 Å². The van der Waals surface area contributed by atoms with Crippen LogP contribution in [0.1, 0.15) is 17.5 Å². The van der Waals surface area contributed by atoms with E-state index in [0.717, 1.165) is 5.56 Å². The van der Waals surface area contributed by atoms with Gasteiger partial charge in [0, 0.05) is 18.8 Å². The number of nitrogens with one attached hydrogen (secondary N) is 1. The summed E-state index contributed by atoms with van der Waals surface area (Å²) in [5.74, 6) is 0. The first kappa shape index (κ1) is 20.0. The molecule has 0 saturated heterocycles. The maximum Gasteiger partial charge on any atom is 0.511 e. The third-order valence-electron chi connectivity index (χ3n) is 4.47. The molecule has 0 fully saturated rings. The minimum absolute atomic E-state index is 0.346. The molecule has 1 aliphatic rings. The standard InChI is InChI=1S/C18H19F3N2O2S2/c19-18(20,21)27(24,25)23-12-15-8-4-5-9-16(15)22-17(26,13-23)11-10-14-6-2-1-3-7-14/h1-9,22,26H,10-13H2/t17-/m0/s1. The molecule has 146 valence electrons. The van der Waals surface area contributed by atoms with Crippen LogP contribution in [0, 0.1) is 0 Å². The van der Waals surface area contributed by atoms with Crippen LogP contribution in [-0.4, -0.2) is 29.6 Å². The highest BCUT2D eigenvalue weighted by Crippen LogP contribution is 2.37. The van der Waals surface area contributed by atoms with E-state index in [-0.39, 0.29) is 6.54 Å². The molecule has 1 N–H and O–H groups in total. The van der Waals surface area contributed by atoms with E-state index in [1.165, 1.54) is 0 Å². The molecule has 1 heterocycles. The third-order valence-corrected chi connectivity index (χ3v) is 6.47. The van der Waals surface area contributed by atoms with E-state index in [0.29, 0.717) is 28.4 Å². The Kier molecular flexibility index (Phi) is 5.47. The van der Waals surface area contributed by atoms with Crippen molar-refractivity contribution in [3.05, 3.63) is 65.7 Å². The quantitative estimate of drug-likeness (QED) is 0.740. The second kappa shape index (κ2) is 7.37. The second-order valence-corrected chi connectivity index (χ2v) is 9.30. The Morgan fingerprint density at radius 1 is 1.07 bits per heavy atom. The third kappa shape index (κ3) is 4.41. The minimum atomic E-state index is -5.48. The lowest BCUT2D eigenvalue weighted by Gasteiger charge is -2.33. The summed E-state index contributed by atoms with van der Waals surface area (Å²) in [6.45, 7) is -0.766. The number of aryl methyl sites for hydroxylation is 1. The molecule has 0 aliphatic carbocycles. The number of rotatable bonds is 4. The number of benzene rings is 2. The van der Waals surface area contributed by atoms with Crippen molar-refractivity contribution < 1.29 is 21.6 Å². The number of hydrogen-bond donors (Lipinski definition) is 2. The Labute approximate surface area is 161 Å². The smallest absolute Gasteiger partial charge is 0.369 e. The first-order chi connectivity index (χ1) is 12.6. The summed E-state index contributed by atoms with van der Waals surface area (Å²) in [7, 11) is -5.48. The summed E-state index contributed by atoms with van der Waals surface area (Å²) in [6, 6.07) is 16.2. The molecule has 27 heavy (non-hydrogen) atoms. The molecule has 0 amide bonds.